The zero-order valence-corrected chi connectivity index (χ0v) is 8.70. The molecule has 3 N–H and O–H groups in total. The van der Waals surface area contributed by atoms with E-state index in [-0.39, 0.29) is 0 Å². The molecule has 0 aliphatic heterocycles. The molecule has 7 nitrogen and oxygen atoms in total. The zero-order valence-electron chi connectivity index (χ0n) is 8.70. The minimum atomic E-state index is -1.29. The Balaban J connectivity index is 2.61. The van der Waals surface area contributed by atoms with Gasteiger partial charge >= 0.3 is 5.97 Å². The van der Waals surface area contributed by atoms with Crippen molar-refractivity contribution < 1.29 is 19.8 Å². The summed E-state index contributed by atoms with van der Waals surface area (Å²) in [6.07, 6.45) is 3.11. The average molecular weight is 227 g/mol. The third-order valence-corrected chi connectivity index (χ3v) is 2.10. The summed E-state index contributed by atoms with van der Waals surface area (Å²) in [6, 6.07) is -0.251. The highest BCUT2D eigenvalue weighted by Gasteiger charge is 2.22. The number of hydrogen-bond acceptors (Lipinski definition) is 4. The molecule has 0 saturated heterocycles. The molecule has 2 atom stereocenters. The summed E-state index contributed by atoms with van der Waals surface area (Å²) >= 11 is 0. The lowest BCUT2D eigenvalue weighted by atomic mass is 10.2. The molecule has 1 unspecified atom stereocenters. The quantitative estimate of drug-likeness (QED) is 0.598. The molecule has 0 fully saturated rings. The number of carboxylic acids is 1. The van der Waals surface area contributed by atoms with Crippen molar-refractivity contribution in [2.75, 3.05) is 6.61 Å². The van der Waals surface area contributed by atoms with Gasteiger partial charge in [-0.15, -0.1) is 0 Å². The number of aliphatic hydroxyl groups is 1. The fourth-order valence-corrected chi connectivity index (χ4v) is 1.11. The van der Waals surface area contributed by atoms with Crippen molar-refractivity contribution >= 4 is 11.9 Å². The number of nitrogens with zero attached hydrogens (tertiary/aromatic N) is 2. The first kappa shape index (κ1) is 12.2. The van der Waals surface area contributed by atoms with E-state index >= 15 is 0 Å². The van der Waals surface area contributed by atoms with Crippen LogP contribution in [0.15, 0.2) is 18.5 Å². The van der Waals surface area contributed by atoms with Gasteiger partial charge in [-0.25, -0.2) is 4.79 Å². The van der Waals surface area contributed by atoms with Crippen molar-refractivity contribution in [3.63, 3.8) is 0 Å². The van der Waals surface area contributed by atoms with Gasteiger partial charge in [0.05, 0.1) is 6.61 Å². The molecule has 1 rings (SSSR count). The molecule has 0 spiro atoms. The Morgan fingerprint density at radius 2 is 2.25 bits per heavy atom. The normalized spacial score (nSPS) is 14.1. The predicted octanol–water partition coefficient (Wildman–Crippen LogP) is -0.994. The summed E-state index contributed by atoms with van der Waals surface area (Å²) in [5, 5.41) is 23.4. The molecule has 1 amide bonds. The van der Waals surface area contributed by atoms with Gasteiger partial charge in [0.1, 0.15) is 12.1 Å². The number of nitrogens with one attached hydrogen (secondary N) is 1. The number of hydrogen-bond donors (Lipinski definition) is 3. The Bertz CT molecular complexity index is 363. The number of carboxylic acid groups (broad SMARTS) is 1. The van der Waals surface area contributed by atoms with E-state index in [1.165, 1.54) is 10.9 Å². The van der Waals surface area contributed by atoms with Gasteiger partial charge in [-0.2, -0.15) is 5.10 Å². The molecule has 1 aromatic heterocycles. The number of carbonyl (C=O) groups excluding carboxylic acids is 1. The maximum absolute atomic E-state index is 11.6. The molecule has 0 radical (unpaired) electrons. The SMILES string of the molecule is CC(C(=O)N[C@@H](CO)C(=O)O)n1cccn1. The van der Waals surface area contributed by atoms with Crippen LogP contribution in [0.3, 0.4) is 0 Å². The largest absolute Gasteiger partial charge is 0.480 e. The summed E-state index contributed by atoms with van der Waals surface area (Å²) in [5.41, 5.74) is 0. The number of rotatable bonds is 5. The Labute approximate surface area is 91.7 Å². The molecule has 0 saturated carbocycles. The van der Waals surface area contributed by atoms with Crippen LogP contribution in [0, 0.1) is 0 Å². The van der Waals surface area contributed by atoms with E-state index in [1.54, 1.807) is 19.2 Å². The Morgan fingerprint density at radius 3 is 2.69 bits per heavy atom. The highest BCUT2D eigenvalue weighted by molar-refractivity contribution is 5.85. The average Bonchev–Trinajstić information content (AvgIpc) is 2.77. The topological polar surface area (TPSA) is 104 Å². The second-order valence-electron chi connectivity index (χ2n) is 3.24. The summed E-state index contributed by atoms with van der Waals surface area (Å²) in [7, 11) is 0. The molecular formula is C9H13N3O4. The van der Waals surface area contributed by atoms with Crippen LogP contribution in [0.2, 0.25) is 0 Å². The number of carbonyl (C=O) groups is 2. The monoisotopic (exact) mass is 227 g/mol. The summed E-state index contributed by atoms with van der Waals surface area (Å²) < 4.78 is 1.39. The smallest absolute Gasteiger partial charge is 0.328 e. The number of aliphatic hydroxyl groups excluding tert-OH is 1. The zero-order chi connectivity index (χ0) is 12.1. The van der Waals surface area contributed by atoms with E-state index in [9.17, 15) is 9.59 Å². The van der Waals surface area contributed by atoms with Gasteiger partial charge in [0.15, 0.2) is 0 Å². The molecule has 16 heavy (non-hydrogen) atoms. The van der Waals surface area contributed by atoms with Crippen LogP contribution in [-0.2, 0) is 9.59 Å². The van der Waals surface area contributed by atoms with E-state index in [1.807, 2.05) is 0 Å². The number of aliphatic carboxylic acids is 1. The highest BCUT2D eigenvalue weighted by atomic mass is 16.4. The van der Waals surface area contributed by atoms with Crippen molar-refractivity contribution in [3.05, 3.63) is 18.5 Å². The summed E-state index contributed by atoms with van der Waals surface area (Å²) in [6.45, 7) is 0.936. The standard InChI is InChI=1S/C9H13N3O4/c1-6(12-4-2-3-10-12)8(14)11-7(5-13)9(15)16/h2-4,6-7,13H,5H2,1H3,(H,11,14)(H,15,16)/t6?,7-/m0/s1. The van der Waals surface area contributed by atoms with Gasteiger partial charge in [-0.3, -0.25) is 9.48 Å². The molecule has 0 aliphatic carbocycles. The molecule has 1 heterocycles. The molecule has 0 aromatic carbocycles. The van der Waals surface area contributed by atoms with Crippen LogP contribution in [0.5, 0.6) is 0 Å². The van der Waals surface area contributed by atoms with Crippen LogP contribution in [0.4, 0.5) is 0 Å². The summed E-state index contributed by atoms with van der Waals surface area (Å²) in [5.74, 6) is -1.78. The molecule has 0 bridgehead atoms. The Morgan fingerprint density at radius 1 is 1.56 bits per heavy atom. The second kappa shape index (κ2) is 5.26. The van der Waals surface area contributed by atoms with Crippen LogP contribution in [0.1, 0.15) is 13.0 Å². The molecular weight excluding hydrogens is 214 g/mol. The first-order chi connectivity index (χ1) is 7.56. The van der Waals surface area contributed by atoms with Crippen LogP contribution in [0.25, 0.3) is 0 Å². The number of amides is 1. The molecule has 7 heteroatoms. The summed E-state index contributed by atoms with van der Waals surface area (Å²) in [4.78, 5) is 22.1. The maximum Gasteiger partial charge on any atom is 0.328 e. The van der Waals surface area contributed by atoms with Gasteiger partial charge < -0.3 is 15.5 Å². The number of aromatic nitrogens is 2. The van der Waals surface area contributed by atoms with Gasteiger partial charge in [-0.1, -0.05) is 0 Å². The Kier molecular flexibility index (Phi) is 4.01. The third kappa shape index (κ3) is 2.80. The lowest BCUT2D eigenvalue weighted by Crippen LogP contribution is -2.45. The van der Waals surface area contributed by atoms with Crippen molar-refractivity contribution in [2.24, 2.45) is 0 Å². The molecule has 1 aromatic rings. The fraction of sp³-hybridized carbons (Fsp3) is 0.444. The lowest BCUT2D eigenvalue weighted by Gasteiger charge is -2.16. The van der Waals surface area contributed by atoms with E-state index in [4.69, 9.17) is 10.2 Å². The molecule has 88 valence electrons. The van der Waals surface area contributed by atoms with Crippen molar-refractivity contribution in [1.82, 2.24) is 15.1 Å². The second-order valence-corrected chi connectivity index (χ2v) is 3.24. The van der Waals surface area contributed by atoms with Crippen molar-refractivity contribution in [3.8, 4) is 0 Å². The van der Waals surface area contributed by atoms with E-state index in [0.717, 1.165) is 0 Å². The maximum atomic E-state index is 11.6. The van der Waals surface area contributed by atoms with Crippen molar-refractivity contribution in [1.29, 1.82) is 0 Å². The minimum Gasteiger partial charge on any atom is -0.480 e. The third-order valence-electron chi connectivity index (χ3n) is 2.10. The lowest BCUT2D eigenvalue weighted by molar-refractivity contribution is -0.143. The fourth-order valence-electron chi connectivity index (χ4n) is 1.11. The first-order valence-electron chi connectivity index (χ1n) is 4.69. The first-order valence-corrected chi connectivity index (χ1v) is 4.69. The van der Waals surface area contributed by atoms with Crippen molar-refractivity contribution in [2.45, 2.75) is 19.0 Å². The minimum absolute atomic E-state index is 0.509. The predicted molar refractivity (Wildman–Crippen MR) is 53.6 cm³/mol. The molecule has 0 aliphatic rings. The van der Waals surface area contributed by atoms with E-state index in [2.05, 4.69) is 10.4 Å². The van der Waals surface area contributed by atoms with Gasteiger partial charge in [0.25, 0.3) is 0 Å². The van der Waals surface area contributed by atoms with Gasteiger partial charge in [0, 0.05) is 12.4 Å². The highest BCUT2D eigenvalue weighted by Crippen LogP contribution is 2.03. The van der Waals surface area contributed by atoms with Crippen LogP contribution < -0.4 is 5.32 Å². The van der Waals surface area contributed by atoms with E-state index in [0.29, 0.717) is 0 Å². The Hall–Kier alpha value is -1.89. The van der Waals surface area contributed by atoms with Gasteiger partial charge in [-0.05, 0) is 13.0 Å². The van der Waals surface area contributed by atoms with E-state index < -0.39 is 30.6 Å². The van der Waals surface area contributed by atoms with Crippen LogP contribution >= 0.6 is 0 Å². The van der Waals surface area contributed by atoms with Gasteiger partial charge in [0.2, 0.25) is 5.91 Å². The van der Waals surface area contributed by atoms with Crippen LogP contribution in [-0.4, -0.2) is 44.5 Å².